The standard InChI is InChI=1S/C23H22F2N4O4/c1-23(24,25)33-16-9-5-6-14(10-16)19-11-20(28-29(19)15-7-3-2-4-8-15)27-22(32)17-12-26-21(31)18(17)13-30/h2-11,17-18,30H,12-13H2,1H3,(H,26,31)(H,27,28,32). The van der Waals surface area contributed by atoms with Gasteiger partial charge in [-0.2, -0.15) is 8.78 Å². The maximum absolute atomic E-state index is 13.3. The summed E-state index contributed by atoms with van der Waals surface area (Å²) in [5.74, 6) is -2.21. The molecule has 1 aliphatic heterocycles. The molecule has 33 heavy (non-hydrogen) atoms. The van der Waals surface area contributed by atoms with Crippen LogP contribution < -0.4 is 15.4 Å². The van der Waals surface area contributed by atoms with Crippen molar-refractivity contribution in [2.75, 3.05) is 18.5 Å². The second-order valence-corrected chi connectivity index (χ2v) is 7.73. The average molecular weight is 456 g/mol. The van der Waals surface area contributed by atoms with E-state index in [4.69, 9.17) is 0 Å². The maximum atomic E-state index is 13.3. The van der Waals surface area contributed by atoms with Crippen molar-refractivity contribution in [1.82, 2.24) is 15.1 Å². The summed E-state index contributed by atoms with van der Waals surface area (Å²) in [5.41, 5.74) is 1.76. The molecule has 0 radical (unpaired) electrons. The highest BCUT2D eigenvalue weighted by atomic mass is 19.3. The number of nitrogens with zero attached hydrogens (tertiary/aromatic N) is 2. The first-order valence-electron chi connectivity index (χ1n) is 10.3. The van der Waals surface area contributed by atoms with Crippen LogP contribution in [0.4, 0.5) is 14.6 Å². The molecule has 2 atom stereocenters. The highest BCUT2D eigenvalue weighted by Gasteiger charge is 2.39. The number of carbonyl (C=O) groups excluding carboxylic acids is 2. The minimum Gasteiger partial charge on any atom is -0.433 e. The molecule has 1 aliphatic rings. The Hall–Kier alpha value is -3.79. The predicted molar refractivity (Wildman–Crippen MR) is 116 cm³/mol. The summed E-state index contributed by atoms with van der Waals surface area (Å²) in [5, 5.41) is 19.2. The number of anilines is 1. The van der Waals surface area contributed by atoms with Crippen molar-refractivity contribution in [2.45, 2.75) is 13.0 Å². The topological polar surface area (TPSA) is 105 Å². The van der Waals surface area contributed by atoms with E-state index >= 15 is 0 Å². The van der Waals surface area contributed by atoms with E-state index < -0.39 is 30.5 Å². The van der Waals surface area contributed by atoms with Crippen LogP contribution in [0.5, 0.6) is 5.75 Å². The second kappa shape index (κ2) is 8.99. The second-order valence-electron chi connectivity index (χ2n) is 7.73. The monoisotopic (exact) mass is 456 g/mol. The normalized spacial score (nSPS) is 18.1. The zero-order chi connectivity index (χ0) is 23.6. The summed E-state index contributed by atoms with van der Waals surface area (Å²) < 4.78 is 32.9. The molecule has 2 heterocycles. The third kappa shape index (κ3) is 5.01. The molecule has 172 valence electrons. The molecule has 0 saturated carbocycles. The molecule has 0 spiro atoms. The van der Waals surface area contributed by atoms with E-state index in [0.717, 1.165) is 0 Å². The van der Waals surface area contributed by atoms with Crippen molar-refractivity contribution in [3.63, 3.8) is 0 Å². The van der Waals surface area contributed by atoms with Gasteiger partial charge in [0.05, 0.1) is 29.8 Å². The van der Waals surface area contributed by atoms with Crippen molar-refractivity contribution in [3.8, 4) is 22.7 Å². The van der Waals surface area contributed by atoms with Crippen LogP contribution in [0.1, 0.15) is 6.92 Å². The molecule has 0 bridgehead atoms. The van der Waals surface area contributed by atoms with Gasteiger partial charge in [-0.3, -0.25) is 9.59 Å². The Morgan fingerprint density at radius 3 is 2.70 bits per heavy atom. The van der Waals surface area contributed by atoms with Gasteiger partial charge < -0.3 is 20.5 Å². The number of aliphatic hydroxyl groups is 1. The summed E-state index contributed by atoms with van der Waals surface area (Å²) in [6.45, 7) is 0.332. The Kier molecular flexibility index (Phi) is 6.10. The number of para-hydroxylation sites is 1. The zero-order valence-corrected chi connectivity index (χ0v) is 17.7. The lowest BCUT2D eigenvalue weighted by molar-refractivity contribution is -0.158. The van der Waals surface area contributed by atoms with Crippen molar-refractivity contribution >= 4 is 17.6 Å². The Morgan fingerprint density at radius 2 is 2.00 bits per heavy atom. The third-order valence-electron chi connectivity index (χ3n) is 5.24. The van der Waals surface area contributed by atoms with Gasteiger partial charge in [0.15, 0.2) is 5.82 Å². The molecule has 2 aromatic carbocycles. The Morgan fingerprint density at radius 1 is 1.24 bits per heavy atom. The summed E-state index contributed by atoms with van der Waals surface area (Å²) >= 11 is 0. The minimum atomic E-state index is -3.34. The van der Waals surface area contributed by atoms with Crippen LogP contribution in [0.15, 0.2) is 60.7 Å². The molecule has 10 heteroatoms. The Balaban J connectivity index is 1.68. The van der Waals surface area contributed by atoms with Crippen LogP contribution in [-0.4, -0.2) is 46.0 Å². The number of benzene rings is 2. The number of hydrogen-bond acceptors (Lipinski definition) is 5. The lowest BCUT2D eigenvalue weighted by Gasteiger charge is -2.14. The van der Waals surface area contributed by atoms with Gasteiger partial charge in [0.25, 0.3) is 0 Å². The van der Waals surface area contributed by atoms with Crippen LogP contribution >= 0.6 is 0 Å². The van der Waals surface area contributed by atoms with Crippen molar-refractivity contribution in [3.05, 3.63) is 60.7 Å². The average Bonchev–Trinajstić information content (AvgIpc) is 3.36. The fraction of sp³-hybridized carbons (Fsp3) is 0.261. The van der Waals surface area contributed by atoms with Crippen molar-refractivity contribution in [2.24, 2.45) is 11.8 Å². The maximum Gasteiger partial charge on any atom is 0.394 e. The molecule has 3 N–H and O–H groups in total. The SMILES string of the molecule is CC(F)(F)Oc1cccc(-c2cc(NC(=O)C3CNC(=O)C3CO)nn2-c2ccccc2)c1. The van der Waals surface area contributed by atoms with Crippen LogP contribution in [0.25, 0.3) is 16.9 Å². The molecular weight excluding hydrogens is 434 g/mol. The fourth-order valence-corrected chi connectivity index (χ4v) is 3.71. The van der Waals surface area contributed by atoms with E-state index in [1.54, 1.807) is 22.9 Å². The molecule has 1 saturated heterocycles. The highest BCUT2D eigenvalue weighted by Crippen LogP contribution is 2.31. The molecule has 2 amide bonds. The predicted octanol–water partition coefficient (Wildman–Crippen LogP) is 2.82. The quantitative estimate of drug-likeness (QED) is 0.507. The fourth-order valence-electron chi connectivity index (χ4n) is 3.71. The van der Waals surface area contributed by atoms with Gasteiger partial charge in [0, 0.05) is 25.1 Å². The van der Waals surface area contributed by atoms with Gasteiger partial charge in [-0.15, -0.1) is 5.10 Å². The summed E-state index contributed by atoms with van der Waals surface area (Å²) in [7, 11) is 0. The Labute approximate surface area is 188 Å². The lowest BCUT2D eigenvalue weighted by Crippen LogP contribution is -2.31. The van der Waals surface area contributed by atoms with Crippen LogP contribution in [0.3, 0.4) is 0 Å². The number of alkyl halides is 2. The number of halogens is 2. The van der Waals surface area contributed by atoms with E-state index in [0.29, 0.717) is 23.9 Å². The number of ether oxygens (including phenoxy) is 1. The number of carbonyl (C=O) groups is 2. The largest absolute Gasteiger partial charge is 0.433 e. The van der Waals surface area contributed by atoms with Gasteiger partial charge in [-0.1, -0.05) is 30.3 Å². The molecule has 2 unspecified atom stereocenters. The number of amides is 2. The number of hydrogen-bond donors (Lipinski definition) is 3. The third-order valence-corrected chi connectivity index (χ3v) is 5.24. The van der Waals surface area contributed by atoms with Crippen molar-refractivity contribution < 1.29 is 28.2 Å². The molecule has 1 fully saturated rings. The number of nitrogens with one attached hydrogen (secondary N) is 2. The first-order valence-corrected chi connectivity index (χ1v) is 10.3. The van der Waals surface area contributed by atoms with Gasteiger partial charge in [-0.25, -0.2) is 4.68 Å². The number of aromatic nitrogens is 2. The van der Waals surface area contributed by atoms with Crippen LogP contribution in [0.2, 0.25) is 0 Å². The van der Waals surface area contributed by atoms with Gasteiger partial charge >= 0.3 is 6.11 Å². The minimum absolute atomic E-state index is 0.0206. The van der Waals surface area contributed by atoms with Crippen molar-refractivity contribution in [1.29, 1.82) is 0 Å². The summed E-state index contributed by atoms with van der Waals surface area (Å²) in [6.07, 6.45) is -3.34. The van der Waals surface area contributed by atoms with E-state index in [1.165, 1.54) is 12.1 Å². The first kappa shape index (κ1) is 22.4. The molecule has 4 rings (SSSR count). The first-order chi connectivity index (χ1) is 15.7. The molecule has 3 aromatic rings. The lowest BCUT2D eigenvalue weighted by atomic mass is 9.95. The smallest absolute Gasteiger partial charge is 0.394 e. The number of aliphatic hydroxyl groups excluding tert-OH is 1. The van der Waals surface area contributed by atoms with Gasteiger partial charge in [0.2, 0.25) is 11.8 Å². The van der Waals surface area contributed by atoms with Gasteiger partial charge in [0.1, 0.15) is 5.75 Å². The Bertz CT molecular complexity index is 1160. The molecule has 1 aromatic heterocycles. The van der Waals surface area contributed by atoms with Crippen LogP contribution in [-0.2, 0) is 9.59 Å². The number of rotatable bonds is 7. The summed E-state index contributed by atoms with van der Waals surface area (Å²) in [6, 6.07) is 16.9. The zero-order valence-electron chi connectivity index (χ0n) is 17.7. The van der Waals surface area contributed by atoms with E-state index in [-0.39, 0.29) is 24.0 Å². The highest BCUT2D eigenvalue weighted by molar-refractivity contribution is 5.98. The van der Waals surface area contributed by atoms with E-state index in [9.17, 15) is 23.5 Å². The molecular formula is C23H22F2N4O4. The van der Waals surface area contributed by atoms with Crippen LogP contribution in [0, 0.1) is 11.8 Å². The van der Waals surface area contributed by atoms with E-state index in [1.807, 2.05) is 30.3 Å². The molecule has 8 nitrogen and oxygen atoms in total. The van der Waals surface area contributed by atoms with Gasteiger partial charge in [-0.05, 0) is 24.3 Å². The molecule has 0 aliphatic carbocycles. The summed E-state index contributed by atoms with van der Waals surface area (Å²) in [4.78, 5) is 24.6. The van der Waals surface area contributed by atoms with E-state index in [2.05, 4.69) is 20.5 Å².